The number of aliphatic hydroxyl groups excluding tert-OH is 1. The van der Waals surface area contributed by atoms with E-state index in [0.717, 1.165) is 6.42 Å². The first-order chi connectivity index (χ1) is 6.49. The average molecular weight is 201 g/mol. The van der Waals surface area contributed by atoms with Crippen molar-refractivity contribution in [2.24, 2.45) is 17.4 Å². The zero-order chi connectivity index (χ0) is 10.7. The Bertz CT molecular complexity index is 208. The highest BCUT2D eigenvalue weighted by Gasteiger charge is 2.28. The lowest BCUT2D eigenvalue weighted by Crippen LogP contribution is -2.51. The molecule has 0 aromatic rings. The molecule has 0 spiro atoms. The van der Waals surface area contributed by atoms with Gasteiger partial charge in [-0.2, -0.15) is 0 Å². The van der Waals surface area contributed by atoms with Gasteiger partial charge in [-0.25, -0.2) is 0 Å². The molecule has 1 aliphatic heterocycles. The lowest BCUT2D eigenvalue weighted by atomic mass is 9.91. The van der Waals surface area contributed by atoms with Crippen LogP contribution in [0.15, 0.2) is 0 Å². The lowest BCUT2D eigenvalue weighted by molar-refractivity contribution is -0.119. The maximum Gasteiger partial charge on any atom is 0.231 e. The molecule has 3 unspecified atom stereocenters. The monoisotopic (exact) mass is 201 g/mol. The minimum atomic E-state index is -0.378. The third-order valence-corrected chi connectivity index (χ3v) is 2.65. The summed E-state index contributed by atoms with van der Waals surface area (Å²) in [6, 6.07) is 0.0303. The molecule has 1 fully saturated rings. The smallest absolute Gasteiger partial charge is 0.231 e. The lowest BCUT2D eigenvalue weighted by Gasteiger charge is -2.36. The van der Waals surface area contributed by atoms with Crippen LogP contribution in [0.5, 0.6) is 0 Å². The second kappa shape index (κ2) is 4.72. The summed E-state index contributed by atoms with van der Waals surface area (Å²) in [5, 5.41) is 9.45. The number of hydrogen-bond donors (Lipinski definition) is 3. The van der Waals surface area contributed by atoms with Gasteiger partial charge in [0.25, 0.3) is 0 Å². The van der Waals surface area contributed by atoms with Crippen LogP contribution < -0.4 is 11.5 Å². The first kappa shape index (κ1) is 11.4. The Morgan fingerprint density at radius 1 is 1.64 bits per heavy atom. The highest BCUT2D eigenvalue weighted by atomic mass is 16.3. The summed E-state index contributed by atoms with van der Waals surface area (Å²) in [7, 11) is 0. The van der Waals surface area contributed by atoms with Crippen LogP contribution >= 0.6 is 0 Å². The predicted octanol–water partition coefficient (Wildman–Crippen LogP) is -1.50. The van der Waals surface area contributed by atoms with E-state index >= 15 is 0 Å². The van der Waals surface area contributed by atoms with E-state index in [4.69, 9.17) is 11.5 Å². The van der Waals surface area contributed by atoms with Gasteiger partial charge < -0.3 is 16.6 Å². The zero-order valence-electron chi connectivity index (χ0n) is 8.52. The molecule has 1 saturated heterocycles. The Hall–Kier alpha value is -0.650. The summed E-state index contributed by atoms with van der Waals surface area (Å²) >= 11 is 0. The van der Waals surface area contributed by atoms with E-state index in [1.54, 1.807) is 6.92 Å². The number of carbonyl (C=O) groups is 1. The van der Waals surface area contributed by atoms with Crippen molar-refractivity contribution in [1.82, 2.24) is 4.90 Å². The molecule has 0 bridgehead atoms. The molecule has 5 N–H and O–H groups in total. The van der Waals surface area contributed by atoms with E-state index in [0.29, 0.717) is 13.1 Å². The van der Waals surface area contributed by atoms with E-state index in [-0.39, 0.29) is 30.5 Å². The van der Waals surface area contributed by atoms with Gasteiger partial charge in [-0.15, -0.1) is 0 Å². The number of likely N-dealkylation sites (tertiary alicyclic amines) is 1. The summed E-state index contributed by atoms with van der Waals surface area (Å²) in [5.41, 5.74) is 10.9. The number of aliphatic hydroxyl groups is 1. The Balaban J connectivity index is 2.49. The summed E-state index contributed by atoms with van der Waals surface area (Å²) in [6.45, 7) is 3.38. The molecule has 5 nitrogen and oxygen atoms in total. The topological polar surface area (TPSA) is 92.6 Å². The molecule has 1 rings (SSSR count). The second-order valence-electron chi connectivity index (χ2n) is 4.16. The third kappa shape index (κ3) is 3.25. The van der Waals surface area contributed by atoms with Crippen LogP contribution in [-0.2, 0) is 4.79 Å². The number of amides is 1. The van der Waals surface area contributed by atoms with Gasteiger partial charge in [-0.1, -0.05) is 0 Å². The van der Waals surface area contributed by atoms with Gasteiger partial charge in [0.2, 0.25) is 5.91 Å². The minimum Gasteiger partial charge on any atom is -0.393 e. The van der Waals surface area contributed by atoms with Crippen LogP contribution in [-0.4, -0.2) is 47.7 Å². The standard InChI is InChI=1S/C9H19N3O2/c1-6(13)7-2-8(10)4-12(3-7)5-9(11)14/h6-8,13H,2-5,10H2,1H3,(H2,11,14). The van der Waals surface area contributed by atoms with Crippen LogP contribution in [0.4, 0.5) is 0 Å². The fraction of sp³-hybridized carbons (Fsp3) is 0.889. The predicted molar refractivity (Wildman–Crippen MR) is 53.4 cm³/mol. The number of piperidine rings is 1. The number of carbonyl (C=O) groups excluding carboxylic acids is 1. The molecule has 1 aliphatic rings. The molecule has 3 atom stereocenters. The van der Waals surface area contributed by atoms with Gasteiger partial charge in [0, 0.05) is 19.1 Å². The number of hydrogen-bond acceptors (Lipinski definition) is 4. The molecule has 82 valence electrons. The van der Waals surface area contributed by atoms with E-state index < -0.39 is 0 Å². The highest BCUT2D eigenvalue weighted by molar-refractivity contribution is 5.75. The summed E-state index contributed by atoms with van der Waals surface area (Å²) in [4.78, 5) is 12.6. The number of nitrogens with zero attached hydrogens (tertiary/aromatic N) is 1. The van der Waals surface area contributed by atoms with E-state index in [2.05, 4.69) is 0 Å². The molecule has 1 amide bonds. The zero-order valence-corrected chi connectivity index (χ0v) is 8.52. The maximum absolute atomic E-state index is 10.7. The van der Waals surface area contributed by atoms with Gasteiger partial charge in [-0.05, 0) is 19.3 Å². The van der Waals surface area contributed by atoms with Crippen LogP contribution in [0.25, 0.3) is 0 Å². The molecule has 0 aliphatic carbocycles. The molecule has 1 heterocycles. The normalized spacial score (nSPS) is 31.4. The van der Waals surface area contributed by atoms with Gasteiger partial charge in [0.05, 0.1) is 12.6 Å². The van der Waals surface area contributed by atoms with Crippen LogP contribution in [0, 0.1) is 5.92 Å². The van der Waals surface area contributed by atoms with Crippen molar-refractivity contribution in [1.29, 1.82) is 0 Å². The fourth-order valence-corrected chi connectivity index (χ4v) is 1.97. The number of rotatable bonds is 3. The Labute approximate surface area is 84.0 Å². The molecule has 0 radical (unpaired) electrons. The van der Waals surface area contributed by atoms with Crippen LogP contribution in [0.1, 0.15) is 13.3 Å². The van der Waals surface area contributed by atoms with Gasteiger partial charge in [-0.3, -0.25) is 9.69 Å². The van der Waals surface area contributed by atoms with Crippen molar-refractivity contribution in [2.45, 2.75) is 25.5 Å². The quantitative estimate of drug-likeness (QED) is 0.518. The molecular formula is C9H19N3O2. The van der Waals surface area contributed by atoms with Gasteiger partial charge in [0.1, 0.15) is 0 Å². The van der Waals surface area contributed by atoms with Crippen molar-refractivity contribution in [3.05, 3.63) is 0 Å². The largest absolute Gasteiger partial charge is 0.393 e. The average Bonchev–Trinajstić information content (AvgIpc) is 2.01. The molecule has 14 heavy (non-hydrogen) atoms. The van der Waals surface area contributed by atoms with Crippen LogP contribution in [0.3, 0.4) is 0 Å². The molecule has 0 aromatic carbocycles. The Kier molecular flexibility index (Phi) is 3.86. The fourth-order valence-electron chi connectivity index (χ4n) is 1.97. The van der Waals surface area contributed by atoms with Gasteiger partial charge in [0.15, 0.2) is 0 Å². The summed E-state index contributed by atoms with van der Waals surface area (Å²) in [6.07, 6.45) is 0.434. The highest BCUT2D eigenvalue weighted by Crippen LogP contribution is 2.18. The minimum absolute atomic E-state index is 0.0303. The summed E-state index contributed by atoms with van der Waals surface area (Å²) < 4.78 is 0. The van der Waals surface area contributed by atoms with E-state index in [1.165, 1.54) is 0 Å². The summed E-state index contributed by atoms with van der Waals surface area (Å²) in [5.74, 6) is -0.193. The number of nitrogens with two attached hydrogens (primary N) is 2. The van der Waals surface area contributed by atoms with E-state index in [1.807, 2.05) is 4.90 Å². The first-order valence-corrected chi connectivity index (χ1v) is 4.93. The van der Waals surface area contributed by atoms with Crippen molar-refractivity contribution in [3.8, 4) is 0 Å². The molecule has 0 aromatic heterocycles. The number of primary amides is 1. The Morgan fingerprint density at radius 3 is 2.79 bits per heavy atom. The molecule has 5 heteroatoms. The Morgan fingerprint density at radius 2 is 2.29 bits per heavy atom. The SMILES string of the molecule is CC(O)C1CC(N)CN(CC(N)=O)C1. The van der Waals surface area contributed by atoms with Crippen molar-refractivity contribution in [2.75, 3.05) is 19.6 Å². The van der Waals surface area contributed by atoms with Crippen molar-refractivity contribution in [3.63, 3.8) is 0 Å². The molecule has 0 saturated carbocycles. The first-order valence-electron chi connectivity index (χ1n) is 4.93. The van der Waals surface area contributed by atoms with Crippen molar-refractivity contribution >= 4 is 5.91 Å². The van der Waals surface area contributed by atoms with E-state index in [9.17, 15) is 9.90 Å². The van der Waals surface area contributed by atoms with Crippen molar-refractivity contribution < 1.29 is 9.90 Å². The van der Waals surface area contributed by atoms with Gasteiger partial charge >= 0.3 is 0 Å². The molecular weight excluding hydrogens is 182 g/mol. The maximum atomic E-state index is 10.7. The van der Waals surface area contributed by atoms with Crippen LogP contribution in [0.2, 0.25) is 0 Å². The second-order valence-corrected chi connectivity index (χ2v) is 4.16. The third-order valence-electron chi connectivity index (χ3n) is 2.65.